The fraction of sp³-hybridized carbons (Fsp3) is 0.556. The number of sulfonamides is 1. The number of nitrogens with one attached hydrogen (secondary N) is 2. The SMILES string of the molecule is CCCCS(=O)(=O)N1CCC(NC(=O)c2cccc(NC(C)=O)c2)CC1. The number of anilines is 1. The van der Waals surface area contributed by atoms with Crippen LogP contribution >= 0.6 is 0 Å². The van der Waals surface area contributed by atoms with Gasteiger partial charge in [0.15, 0.2) is 0 Å². The Morgan fingerprint density at radius 1 is 1.23 bits per heavy atom. The van der Waals surface area contributed by atoms with Gasteiger partial charge in [-0.1, -0.05) is 19.4 Å². The molecule has 1 aromatic rings. The second-order valence-electron chi connectivity index (χ2n) is 6.58. The zero-order chi connectivity index (χ0) is 19.2. The summed E-state index contributed by atoms with van der Waals surface area (Å²) >= 11 is 0. The lowest BCUT2D eigenvalue weighted by atomic mass is 10.1. The predicted molar refractivity (Wildman–Crippen MR) is 102 cm³/mol. The topological polar surface area (TPSA) is 95.6 Å². The Morgan fingerprint density at radius 2 is 1.92 bits per heavy atom. The van der Waals surface area contributed by atoms with E-state index in [0.717, 1.165) is 6.42 Å². The van der Waals surface area contributed by atoms with Gasteiger partial charge in [0.1, 0.15) is 0 Å². The van der Waals surface area contributed by atoms with E-state index in [4.69, 9.17) is 0 Å². The molecule has 26 heavy (non-hydrogen) atoms. The zero-order valence-corrected chi connectivity index (χ0v) is 16.1. The molecule has 7 nitrogen and oxygen atoms in total. The second-order valence-corrected chi connectivity index (χ2v) is 8.67. The number of piperidine rings is 1. The smallest absolute Gasteiger partial charge is 0.251 e. The molecule has 1 heterocycles. The van der Waals surface area contributed by atoms with E-state index in [1.807, 2.05) is 6.92 Å². The van der Waals surface area contributed by atoms with Gasteiger partial charge in [-0.05, 0) is 37.5 Å². The van der Waals surface area contributed by atoms with Gasteiger partial charge >= 0.3 is 0 Å². The number of carbonyl (C=O) groups excluding carboxylic acids is 2. The maximum atomic E-state index is 12.4. The standard InChI is InChI=1S/C18H27N3O4S/c1-3-4-12-26(24,25)21-10-8-16(9-11-21)20-18(23)15-6-5-7-17(13-15)19-14(2)22/h5-7,13,16H,3-4,8-12H2,1-2H3,(H,19,22)(H,20,23). The summed E-state index contributed by atoms with van der Waals surface area (Å²) in [6.07, 6.45) is 2.72. The summed E-state index contributed by atoms with van der Waals surface area (Å²) in [6.45, 7) is 4.25. The molecule has 1 aliphatic heterocycles. The van der Waals surface area contributed by atoms with Crippen molar-refractivity contribution in [3.8, 4) is 0 Å². The molecule has 0 spiro atoms. The van der Waals surface area contributed by atoms with Crippen molar-refractivity contribution >= 4 is 27.5 Å². The molecule has 0 bridgehead atoms. The first-order valence-electron chi connectivity index (χ1n) is 8.98. The highest BCUT2D eigenvalue weighted by Crippen LogP contribution is 2.17. The van der Waals surface area contributed by atoms with Gasteiger partial charge in [-0.2, -0.15) is 0 Å². The lowest BCUT2D eigenvalue weighted by molar-refractivity contribution is -0.114. The molecular weight excluding hydrogens is 354 g/mol. The van der Waals surface area contributed by atoms with Crippen LogP contribution in [0.1, 0.15) is 49.9 Å². The molecule has 1 aromatic carbocycles. The van der Waals surface area contributed by atoms with Crippen LogP contribution < -0.4 is 10.6 Å². The zero-order valence-electron chi connectivity index (χ0n) is 15.3. The number of benzene rings is 1. The van der Waals surface area contributed by atoms with Crippen LogP contribution in [0.4, 0.5) is 5.69 Å². The number of amides is 2. The lowest BCUT2D eigenvalue weighted by Crippen LogP contribution is -2.47. The van der Waals surface area contributed by atoms with Gasteiger partial charge in [0.05, 0.1) is 5.75 Å². The van der Waals surface area contributed by atoms with Gasteiger partial charge in [0.2, 0.25) is 15.9 Å². The van der Waals surface area contributed by atoms with E-state index >= 15 is 0 Å². The molecule has 0 aromatic heterocycles. The molecule has 1 fully saturated rings. The number of unbranched alkanes of at least 4 members (excludes halogenated alkanes) is 1. The summed E-state index contributed by atoms with van der Waals surface area (Å²) in [5.41, 5.74) is 1.04. The Balaban J connectivity index is 1.89. The number of hydrogen-bond donors (Lipinski definition) is 2. The van der Waals surface area contributed by atoms with Crippen LogP contribution in [0.25, 0.3) is 0 Å². The molecule has 1 saturated heterocycles. The Bertz CT molecular complexity index is 741. The first-order chi connectivity index (χ1) is 12.3. The summed E-state index contributed by atoms with van der Waals surface area (Å²) in [7, 11) is -3.19. The third-order valence-electron chi connectivity index (χ3n) is 4.38. The fourth-order valence-electron chi connectivity index (χ4n) is 2.94. The van der Waals surface area contributed by atoms with Crippen LogP contribution in [-0.2, 0) is 14.8 Å². The van der Waals surface area contributed by atoms with E-state index in [-0.39, 0.29) is 23.6 Å². The molecule has 2 N–H and O–H groups in total. The highest BCUT2D eigenvalue weighted by Gasteiger charge is 2.28. The molecule has 0 unspecified atom stereocenters. The number of hydrogen-bond acceptors (Lipinski definition) is 4. The number of carbonyl (C=O) groups is 2. The Hall–Kier alpha value is -1.93. The predicted octanol–water partition coefficient (Wildman–Crippen LogP) is 1.97. The summed E-state index contributed by atoms with van der Waals surface area (Å²) in [6, 6.07) is 6.69. The summed E-state index contributed by atoms with van der Waals surface area (Å²) < 4.78 is 26.0. The van der Waals surface area contributed by atoms with Gasteiger partial charge in [0, 0.05) is 37.3 Å². The van der Waals surface area contributed by atoms with Crippen LogP contribution in [0.15, 0.2) is 24.3 Å². The average molecular weight is 381 g/mol. The monoisotopic (exact) mass is 381 g/mol. The van der Waals surface area contributed by atoms with Crippen LogP contribution in [-0.4, -0.2) is 49.4 Å². The number of nitrogens with zero attached hydrogens (tertiary/aromatic N) is 1. The second kappa shape index (κ2) is 9.14. The first-order valence-corrected chi connectivity index (χ1v) is 10.6. The van der Waals surface area contributed by atoms with Crippen molar-refractivity contribution in [1.82, 2.24) is 9.62 Å². The van der Waals surface area contributed by atoms with Crippen molar-refractivity contribution in [1.29, 1.82) is 0 Å². The largest absolute Gasteiger partial charge is 0.349 e. The third kappa shape index (κ3) is 5.81. The summed E-state index contributed by atoms with van der Waals surface area (Å²) in [5.74, 6) is -0.222. The van der Waals surface area contributed by atoms with Gasteiger partial charge in [-0.25, -0.2) is 12.7 Å². The van der Waals surface area contributed by atoms with Gasteiger partial charge in [0.25, 0.3) is 5.91 Å². The van der Waals surface area contributed by atoms with Crippen molar-refractivity contribution in [2.45, 2.75) is 45.6 Å². The third-order valence-corrected chi connectivity index (χ3v) is 6.34. The molecule has 0 radical (unpaired) electrons. The van der Waals surface area contributed by atoms with E-state index in [2.05, 4.69) is 10.6 Å². The Kier molecular flexibility index (Phi) is 7.16. The minimum atomic E-state index is -3.19. The molecular formula is C18H27N3O4S. The van der Waals surface area contributed by atoms with E-state index in [1.165, 1.54) is 11.2 Å². The van der Waals surface area contributed by atoms with Crippen molar-refractivity contribution in [2.75, 3.05) is 24.2 Å². The van der Waals surface area contributed by atoms with Crippen LogP contribution in [0, 0.1) is 0 Å². The van der Waals surface area contributed by atoms with E-state index in [0.29, 0.717) is 43.6 Å². The fourth-order valence-corrected chi connectivity index (χ4v) is 4.62. The highest BCUT2D eigenvalue weighted by atomic mass is 32.2. The normalized spacial score (nSPS) is 16.2. The van der Waals surface area contributed by atoms with Gasteiger partial charge in [-0.3, -0.25) is 9.59 Å². The Morgan fingerprint density at radius 3 is 2.54 bits per heavy atom. The molecule has 8 heteroatoms. The molecule has 0 aliphatic carbocycles. The maximum absolute atomic E-state index is 12.4. The van der Waals surface area contributed by atoms with Gasteiger partial charge in [-0.15, -0.1) is 0 Å². The summed E-state index contributed by atoms with van der Waals surface area (Å²) in [4.78, 5) is 23.5. The quantitative estimate of drug-likeness (QED) is 0.755. The van der Waals surface area contributed by atoms with Crippen molar-refractivity contribution in [3.63, 3.8) is 0 Å². The minimum absolute atomic E-state index is 0.0513. The van der Waals surface area contributed by atoms with Crippen molar-refractivity contribution in [2.24, 2.45) is 0 Å². The molecule has 0 atom stereocenters. The minimum Gasteiger partial charge on any atom is -0.349 e. The van der Waals surface area contributed by atoms with E-state index in [9.17, 15) is 18.0 Å². The molecule has 1 aliphatic rings. The maximum Gasteiger partial charge on any atom is 0.251 e. The number of rotatable bonds is 7. The first kappa shape index (κ1) is 20.4. The van der Waals surface area contributed by atoms with E-state index < -0.39 is 10.0 Å². The lowest BCUT2D eigenvalue weighted by Gasteiger charge is -2.31. The average Bonchev–Trinajstić information content (AvgIpc) is 2.60. The molecule has 2 amide bonds. The van der Waals surface area contributed by atoms with Crippen LogP contribution in [0.5, 0.6) is 0 Å². The summed E-state index contributed by atoms with van der Waals surface area (Å²) in [5, 5.41) is 5.61. The molecule has 2 rings (SSSR count). The highest BCUT2D eigenvalue weighted by molar-refractivity contribution is 7.89. The molecule has 144 valence electrons. The van der Waals surface area contributed by atoms with E-state index in [1.54, 1.807) is 24.3 Å². The molecule has 0 saturated carbocycles. The van der Waals surface area contributed by atoms with Crippen molar-refractivity contribution < 1.29 is 18.0 Å². The van der Waals surface area contributed by atoms with Gasteiger partial charge < -0.3 is 10.6 Å². The van der Waals surface area contributed by atoms with Crippen LogP contribution in [0.2, 0.25) is 0 Å². The Labute approximate surface area is 155 Å². The van der Waals surface area contributed by atoms with Crippen molar-refractivity contribution in [3.05, 3.63) is 29.8 Å². The van der Waals surface area contributed by atoms with Crippen LogP contribution in [0.3, 0.4) is 0 Å².